The maximum absolute atomic E-state index is 12.6. The molecule has 0 atom stereocenters. The summed E-state index contributed by atoms with van der Waals surface area (Å²) in [5.74, 6) is 0.211. The van der Waals surface area contributed by atoms with Crippen LogP contribution in [0, 0.1) is 6.92 Å². The van der Waals surface area contributed by atoms with Crippen LogP contribution in [-0.4, -0.2) is 45.0 Å². The Morgan fingerprint density at radius 3 is 2.21 bits per heavy atom. The molecule has 6 nitrogen and oxygen atoms in total. The SMILES string of the molecule is Cc1ccc(OCCOC(=O)c2ccc(S(=O)(=O)N3CCCCC3)cc2)cc1. The third-order valence-electron chi connectivity index (χ3n) is 4.65. The number of carbonyl (C=O) groups is 1. The number of sulfonamides is 1. The Bertz CT molecular complexity index is 885. The number of piperidine rings is 1. The first kappa shape index (κ1) is 20.4. The Hall–Kier alpha value is -2.38. The van der Waals surface area contributed by atoms with E-state index in [1.165, 1.54) is 28.6 Å². The van der Waals surface area contributed by atoms with Gasteiger partial charge in [-0.05, 0) is 56.2 Å². The van der Waals surface area contributed by atoms with Crippen LogP contribution in [-0.2, 0) is 14.8 Å². The van der Waals surface area contributed by atoms with Crippen molar-refractivity contribution in [2.24, 2.45) is 0 Å². The van der Waals surface area contributed by atoms with Crippen LogP contribution in [0.2, 0.25) is 0 Å². The molecule has 0 aliphatic carbocycles. The lowest BCUT2D eigenvalue weighted by molar-refractivity contribution is 0.0450. The summed E-state index contributed by atoms with van der Waals surface area (Å²) in [6.07, 6.45) is 2.83. The van der Waals surface area contributed by atoms with Gasteiger partial charge in [0.2, 0.25) is 10.0 Å². The summed E-state index contributed by atoms with van der Waals surface area (Å²) in [4.78, 5) is 12.3. The minimum atomic E-state index is -3.50. The van der Waals surface area contributed by atoms with Gasteiger partial charge in [0.05, 0.1) is 10.5 Å². The highest BCUT2D eigenvalue weighted by Crippen LogP contribution is 2.21. The van der Waals surface area contributed by atoms with Crippen LogP contribution in [0.3, 0.4) is 0 Å². The van der Waals surface area contributed by atoms with Gasteiger partial charge in [0, 0.05) is 13.1 Å². The fraction of sp³-hybridized carbons (Fsp3) is 0.381. The largest absolute Gasteiger partial charge is 0.490 e. The highest BCUT2D eigenvalue weighted by atomic mass is 32.2. The molecule has 1 heterocycles. The minimum absolute atomic E-state index is 0.112. The van der Waals surface area contributed by atoms with E-state index in [1.54, 1.807) is 0 Å². The molecule has 1 fully saturated rings. The molecule has 1 saturated heterocycles. The smallest absolute Gasteiger partial charge is 0.338 e. The van der Waals surface area contributed by atoms with Crippen LogP contribution in [0.4, 0.5) is 0 Å². The van der Waals surface area contributed by atoms with Crippen LogP contribution in [0.5, 0.6) is 5.75 Å². The van der Waals surface area contributed by atoms with Crippen molar-refractivity contribution < 1.29 is 22.7 Å². The first-order valence-corrected chi connectivity index (χ1v) is 10.9. The summed E-state index contributed by atoms with van der Waals surface area (Å²) in [7, 11) is -3.50. The van der Waals surface area contributed by atoms with Crippen molar-refractivity contribution in [3.63, 3.8) is 0 Å². The van der Waals surface area contributed by atoms with E-state index in [-0.39, 0.29) is 18.1 Å². The Balaban J connectivity index is 1.51. The predicted molar refractivity (Wildman–Crippen MR) is 106 cm³/mol. The maximum atomic E-state index is 12.6. The second kappa shape index (κ2) is 9.21. The second-order valence-corrected chi connectivity index (χ2v) is 8.72. The molecule has 3 rings (SSSR count). The lowest BCUT2D eigenvalue weighted by Crippen LogP contribution is -2.35. The number of hydrogen-bond donors (Lipinski definition) is 0. The van der Waals surface area contributed by atoms with Crippen molar-refractivity contribution >= 4 is 16.0 Å². The molecular weight excluding hydrogens is 378 g/mol. The molecule has 1 aliphatic heterocycles. The first-order chi connectivity index (χ1) is 13.5. The van der Waals surface area contributed by atoms with Crippen LogP contribution in [0.1, 0.15) is 35.2 Å². The van der Waals surface area contributed by atoms with Gasteiger partial charge in [0.25, 0.3) is 0 Å². The van der Waals surface area contributed by atoms with Crippen molar-refractivity contribution in [3.05, 3.63) is 59.7 Å². The fourth-order valence-electron chi connectivity index (χ4n) is 3.03. The number of rotatable bonds is 7. The Kier molecular flexibility index (Phi) is 6.70. The van der Waals surface area contributed by atoms with E-state index < -0.39 is 16.0 Å². The van der Waals surface area contributed by atoms with Crippen molar-refractivity contribution in [1.29, 1.82) is 0 Å². The Morgan fingerprint density at radius 1 is 0.929 bits per heavy atom. The molecule has 0 N–H and O–H groups in total. The van der Waals surface area contributed by atoms with Gasteiger partial charge in [-0.1, -0.05) is 24.1 Å². The summed E-state index contributed by atoms with van der Waals surface area (Å²) in [5, 5.41) is 0. The molecule has 28 heavy (non-hydrogen) atoms. The zero-order chi connectivity index (χ0) is 20.0. The normalized spacial score (nSPS) is 15.2. The van der Waals surface area contributed by atoms with Gasteiger partial charge in [-0.15, -0.1) is 0 Å². The summed E-state index contributed by atoms with van der Waals surface area (Å²) in [5.41, 5.74) is 1.46. The fourth-order valence-corrected chi connectivity index (χ4v) is 4.55. The summed E-state index contributed by atoms with van der Waals surface area (Å²) < 4.78 is 37.5. The monoisotopic (exact) mass is 403 g/mol. The van der Waals surface area contributed by atoms with E-state index in [4.69, 9.17) is 9.47 Å². The number of esters is 1. The van der Waals surface area contributed by atoms with Crippen molar-refractivity contribution in [2.75, 3.05) is 26.3 Å². The summed E-state index contributed by atoms with van der Waals surface area (Å²) in [6.45, 7) is 3.45. The van der Waals surface area contributed by atoms with E-state index in [0.717, 1.165) is 24.8 Å². The highest BCUT2D eigenvalue weighted by Gasteiger charge is 2.26. The molecule has 7 heteroatoms. The lowest BCUT2D eigenvalue weighted by Gasteiger charge is -2.25. The third-order valence-corrected chi connectivity index (χ3v) is 6.56. The first-order valence-electron chi connectivity index (χ1n) is 9.43. The second-order valence-electron chi connectivity index (χ2n) is 6.79. The zero-order valence-electron chi connectivity index (χ0n) is 16.0. The molecular formula is C21H25NO5S. The molecule has 0 saturated carbocycles. The van der Waals surface area contributed by atoms with Crippen molar-refractivity contribution in [2.45, 2.75) is 31.1 Å². The Morgan fingerprint density at radius 2 is 1.57 bits per heavy atom. The Labute approximate surface area is 166 Å². The van der Waals surface area contributed by atoms with Gasteiger partial charge >= 0.3 is 5.97 Å². The molecule has 0 unspecified atom stereocenters. The predicted octanol–water partition coefficient (Wildman–Crippen LogP) is 3.41. The summed E-state index contributed by atoms with van der Waals surface area (Å²) in [6, 6.07) is 13.5. The topological polar surface area (TPSA) is 72.9 Å². The van der Waals surface area contributed by atoms with Crippen LogP contribution >= 0.6 is 0 Å². The van der Waals surface area contributed by atoms with Gasteiger partial charge in [-0.2, -0.15) is 4.31 Å². The van der Waals surface area contributed by atoms with Gasteiger partial charge < -0.3 is 9.47 Å². The van der Waals surface area contributed by atoms with Gasteiger partial charge in [-0.25, -0.2) is 13.2 Å². The molecule has 0 aromatic heterocycles. The lowest BCUT2D eigenvalue weighted by atomic mass is 10.2. The number of ether oxygens (including phenoxy) is 2. The van der Waals surface area contributed by atoms with Gasteiger partial charge in [-0.3, -0.25) is 0 Å². The average molecular weight is 404 g/mol. The van der Waals surface area contributed by atoms with Gasteiger partial charge in [0.15, 0.2) is 0 Å². The standard InChI is InChI=1S/C21H25NO5S/c1-17-5-9-19(10-6-17)26-15-16-27-21(23)18-7-11-20(12-8-18)28(24,25)22-13-3-2-4-14-22/h5-12H,2-4,13-16H2,1H3. The van der Waals surface area contributed by atoms with E-state index in [2.05, 4.69) is 0 Å². The van der Waals surface area contributed by atoms with E-state index in [9.17, 15) is 13.2 Å². The number of carbonyl (C=O) groups excluding carboxylic acids is 1. The molecule has 150 valence electrons. The molecule has 1 aliphatic rings. The maximum Gasteiger partial charge on any atom is 0.338 e. The van der Waals surface area contributed by atoms with Gasteiger partial charge in [0.1, 0.15) is 19.0 Å². The van der Waals surface area contributed by atoms with E-state index in [0.29, 0.717) is 24.4 Å². The third kappa shape index (κ3) is 5.11. The number of benzene rings is 2. The highest BCUT2D eigenvalue weighted by molar-refractivity contribution is 7.89. The minimum Gasteiger partial charge on any atom is -0.490 e. The van der Waals surface area contributed by atoms with Crippen LogP contribution in [0.25, 0.3) is 0 Å². The van der Waals surface area contributed by atoms with Crippen LogP contribution < -0.4 is 4.74 Å². The number of hydrogen-bond acceptors (Lipinski definition) is 5. The zero-order valence-corrected chi connectivity index (χ0v) is 16.8. The van der Waals surface area contributed by atoms with E-state index in [1.807, 2.05) is 31.2 Å². The number of nitrogens with zero attached hydrogens (tertiary/aromatic N) is 1. The van der Waals surface area contributed by atoms with Crippen molar-refractivity contribution in [3.8, 4) is 5.75 Å². The molecule has 0 radical (unpaired) electrons. The van der Waals surface area contributed by atoms with E-state index >= 15 is 0 Å². The quantitative estimate of drug-likeness (QED) is 0.523. The molecule has 0 bridgehead atoms. The van der Waals surface area contributed by atoms with Crippen molar-refractivity contribution in [1.82, 2.24) is 4.31 Å². The molecule has 2 aromatic carbocycles. The molecule has 0 amide bonds. The number of aryl methyl sites for hydroxylation is 1. The van der Waals surface area contributed by atoms with Crippen LogP contribution in [0.15, 0.2) is 53.4 Å². The molecule has 2 aromatic rings. The molecule has 0 spiro atoms. The average Bonchev–Trinajstić information content (AvgIpc) is 2.73. The summed E-state index contributed by atoms with van der Waals surface area (Å²) >= 11 is 0.